The summed E-state index contributed by atoms with van der Waals surface area (Å²) in [6, 6.07) is 1.46. The fourth-order valence-electron chi connectivity index (χ4n) is 1.28. The van der Waals surface area contributed by atoms with Crippen LogP contribution in [-0.2, 0) is 10.0 Å². The van der Waals surface area contributed by atoms with Gasteiger partial charge in [0.1, 0.15) is 0 Å². The fourth-order valence-corrected chi connectivity index (χ4v) is 2.39. The minimum Gasteiger partial charge on any atom is -0.309 e. The van der Waals surface area contributed by atoms with Gasteiger partial charge in [-0.15, -0.1) is 0 Å². The van der Waals surface area contributed by atoms with Gasteiger partial charge >= 0.3 is 0 Å². The minimum absolute atomic E-state index is 0.139. The Labute approximate surface area is 96.3 Å². The van der Waals surface area contributed by atoms with Crippen LogP contribution in [-0.4, -0.2) is 62.1 Å². The van der Waals surface area contributed by atoms with Gasteiger partial charge in [0.15, 0.2) is 5.03 Å². The van der Waals surface area contributed by atoms with Crippen LogP contribution >= 0.6 is 0 Å². The van der Waals surface area contributed by atoms with Crippen molar-refractivity contribution in [3.8, 4) is 0 Å². The summed E-state index contributed by atoms with van der Waals surface area (Å²) in [5, 5.41) is 6.25. The number of rotatable bonds is 6. The molecule has 0 bridgehead atoms. The standard InChI is InChI=1S/C9H18N4O2S/c1-12(2)7-4-8-13(3)16(14,15)9-5-6-10-11-9/h5-6H,4,7-8H2,1-3H3,(H,10,11). The summed E-state index contributed by atoms with van der Waals surface area (Å²) in [6.07, 6.45) is 2.23. The van der Waals surface area contributed by atoms with Crippen LogP contribution in [0.15, 0.2) is 17.3 Å². The van der Waals surface area contributed by atoms with E-state index in [0.717, 1.165) is 13.0 Å². The predicted octanol–water partition coefficient (Wildman–Crippen LogP) is -0.0181. The third kappa shape index (κ3) is 3.29. The van der Waals surface area contributed by atoms with Gasteiger partial charge in [0.25, 0.3) is 10.0 Å². The lowest BCUT2D eigenvalue weighted by Gasteiger charge is -2.17. The van der Waals surface area contributed by atoms with E-state index in [-0.39, 0.29) is 5.03 Å². The number of sulfonamides is 1. The summed E-state index contributed by atoms with van der Waals surface area (Å²) >= 11 is 0. The Hall–Kier alpha value is -0.920. The molecule has 92 valence electrons. The van der Waals surface area contributed by atoms with Crippen LogP contribution in [0.2, 0.25) is 0 Å². The topological polar surface area (TPSA) is 69.3 Å². The molecule has 0 unspecified atom stereocenters. The molecule has 1 aromatic rings. The van der Waals surface area contributed by atoms with Crippen molar-refractivity contribution in [2.45, 2.75) is 11.4 Å². The molecule has 0 aliphatic heterocycles. The van der Waals surface area contributed by atoms with Crippen LogP contribution in [0.5, 0.6) is 0 Å². The molecule has 0 saturated carbocycles. The quantitative estimate of drug-likeness (QED) is 0.766. The van der Waals surface area contributed by atoms with E-state index in [4.69, 9.17) is 0 Å². The number of hydrogen-bond donors (Lipinski definition) is 1. The molecule has 1 aromatic heterocycles. The Bertz CT molecular complexity index is 399. The highest BCUT2D eigenvalue weighted by Crippen LogP contribution is 2.10. The molecule has 0 aromatic carbocycles. The van der Waals surface area contributed by atoms with Crippen molar-refractivity contribution in [3.63, 3.8) is 0 Å². The summed E-state index contributed by atoms with van der Waals surface area (Å²) in [5.41, 5.74) is 0. The lowest BCUT2D eigenvalue weighted by molar-refractivity contribution is 0.370. The van der Waals surface area contributed by atoms with Crippen molar-refractivity contribution in [1.29, 1.82) is 0 Å². The normalized spacial score (nSPS) is 12.6. The van der Waals surface area contributed by atoms with Crippen LogP contribution in [0.1, 0.15) is 6.42 Å². The van der Waals surface area contributed by atoms with Crippen molar-refractivity contribution in [2.75, 3.05) is 34.2 Å². The number of H-pyrrole nitrogens is 1. The van der Waals surface area contributed by atoms with E-state index in [2.05, 4.69) is 10.2 Å². The third-order valence-corrected chi connectivity index (χ3v) is 4.03. The van der Waals surface area contributed by atoms with Gasteiger partial charge in [0, 0.05) is 13.6 Å². The molecule has 1 heterocycles. The predicted molar refractivity (Wildman–Crippen MR) is 61.6 cm³/mol. The van der Waals surface area contributed by atoms with E-state index in [1.54, 1.807) is 7.05 Å². The Kier molecular flexibility index (Phi) is 4.45. The average Bonchev–Trinajstić information content (AvgIpc) is 2.69. The van der Waals surface area contributed by atoms with Gasteiger partial charge in [0.05, 0.1) is 6.20 Å². The molecule has 6 nitrogen and oxygen atoms in total. The first kappa shape index (κ1) is 13.1. The van der Waals surface area contributed by atoms with Crippen molar-refractivity contribution in [2.24, 2.45) is 0 Å². The van der Waals surface area contributed by atoms with E-state index in [9.17, 15) is 8.42 Å². The zero-order valence-electron chi connectivity index (χ0n) is 9.84. The van der Waals surface area contributed by atoms with Gasteiger partial charge in [0.2, 0.25) is 0 Å². The molecular formula is C9H18N4O2S. The number of aromatic amines is 1. The first-order valence-electron chi connectivity index (χ1n) is 5.05. The highest BCUT2D eigenvalue weighted by molar-refractivity contribution is 7.89. The summed E-state index contributed by atoms with van der Waals surface area (Å²) in [7, 11) is 2.10. The lowest BCUT2D eigenvalue weighted by Crippen LogP contribution is -2.30. The number of aromatic nitrogens is 2. The first-order valence-corrected chi connectivity index (χ1v) is 6.49. The minimum atomic E-state index is -3.40. The van der Waals surface area contributed by atoms with Crippen molar-refractivity contribution in [3.05, 3.63) is 12.3 Å². The monoisotopic (exact) mass is 246 g/mol. The molecule has 7 heteroatoms. The van der Waals surface area contributed by atoms with E-state index >= 15 is 0 Å². The second-order valence-corrected chi connectivity index (χ2v) is 5.92. The molecular weight excluding hydrogens is 228 g/mol. The molecule has 0 atom stereocenters. The Morgan fingerprint density at radius 3 is 2.50 bits per heavy atom. The molecule has 16 heavy (non-hydrogen) atoms. The van der Waals surface area contributed by atoms with E-state index < -0.39 is 10.0 Å². The number of hydrogen-bond acceptors (Lipinski definition) is 4. The molecule has 0 aliphatic rings. The van der Waals surface area contributed by atoms with E-state index in [1.165, 1.54) is 16.6 Å². The maximum atomic E-state index is 11.9. The van der Waals surface area contributed by atoms with Gasteiger partial charge in [-0.3, -0.25) is 5.10 Å². The zero-order chi connectivity index (χ0) is 12.2. The Balaban J connectivity index is 2.57. The fraction of sp³-hybridized carbons (Fsp3) is 0.667. The van der Waals surface area contributed by atoms with Gasteiger partial charge in [-0.2, -0.15) is 9.40 Å². The third-order valence-electron chi connectivity index (χ3n) is 2.24. The molecule has 0 saturated heterocycles. The average molecular weight is 246 g/mol. The Morgan fingerprint density at radius 1 is 1.31 bits per heavy atom. The van der Waals surface area contributed by atoms with Crippen LogP contribution in [0.4, 0.5) is 0 Å². The second kappa shape index (κ2) is 5.42. The van der Waals surface area contributed by atoms with Gasteiger partial charge in [-0.05, 0) is 33.1 Å². The maximum Gasteiger partial charge on any atom is 0.259 e. The molecule has 0 spiro atoms. The lowest BCUT2D eigenvalue weighted by atomic mass is 10.4. The van der Waals surface area contributed by atoms with Crippen LogP contribution in [0.3, 0.4) is 0 Å². The van der Waals surface area contributed by atoms with E-state index in [0.29, 0.717) is 6.54 Å². The van der Waals surface area contributed by atoms with Gasteiger partial charge in [-0.25, -0.2) is 8.42 Å². The molecule has 0 amide bonds. The zero-order valence-corrected chi connectivity index (χ0v) is 10.7. The highest BCUT2D eigenvalue weighted by Gasteiger charge is 2.21. The van der Waals surface area contributed by atoms with Crippen LogP contribution < -0.4 is 0 Å². The Morgan fingerprint density at radius 2 is 2.00 bits per heavy atom. The van der Waals surface area contributed by atoms with E-state index in [1.807, 2.05) is 19.0 Å². The molecule has 0 radical (unpaired) electrons. The smallest absolute Gasteiger partial charge is 0.259 e. The van der Waals surface area contributed by atoms with Crippen LogP contribution in [0.25, 0.3) is 0 Å². The SMILES string of the molecule is CN(C)CCCN(C)S(=O)(=O)c1ccn[nH]1. The second-order valence-electron chi connectivity index (χ2n) is 3.90. The summed E-state index contributed by atoms with van der Waals surface area (Å²) in [6.45, 7) is 1.36. The summed E-state index contributed by atoms with van der Waals surface area (Å²) in [5.74, 6) is 0. The van der Waals surface area contributed by atoms with Crippen molar-refractivity contribution in [1.82, 2.24) is 19.4 Å². The molecule has 0 fully saturated rings. The highest BCUT2D eigenvalue weighted by atomic mass is 32.2. The maximum absolute atomic E-state index is 11.9. The van der Waals surface area contributed by atoms with Gasteiger partial charge in [-0.1, -0.05) is 0 Å². The summed E-state index contributed by atoms with van der Waals surface area (Å²) in [4.78, 5) is 2.02. The van der Waals surface area contributed by atoms with Gasteiger partial charge < -0.3 is 4.90 Å². The number of nitrogens with one attached hydrogen (secondary N) is 1. The van der Waals surface area contributed by atoms with Crippen molar-refractivity contribution < 1.29 is 8.42 Å². The molecule has 0 aliphatic carbocycles. The largest absolute Gasteiger partial charge is 0.309 e. The van der Waals surface area contributed by atoms with Crippen LogP contribution in [0, 0.1) is 0 Å². The first-order chi connectivity index (χ1) is 7.44. The van der Waals surface area contributed by atoms with Crippen molar-refractivity contribution >= 4 is 10.0 Å². The number of nitrogens with zero attached hydrogens (tertiary/aromatic N) is 3. The molecule has 1 N–H and O–H groups in total. The summed E-state index contributed by atoms with van der Waals surface area (Å²) < 4.78 is 25.2. The molecule has 1 rings (SSSR count).